The van der Waals surface area contributed by atoms with E-state index in [0.29, 0.717) is 11.7 Å². The van der Waals surface area contributed by atoms with E-state index in [0.717, 1.165) is 29.2 Å². The fraction of sp³-hybridized carbons (Fsp3) is 0.316. The first-order valence-corrected chi connectivity index (χ1v) is 8.80. The molecule has 4 nitrogen and oxygen atoms in total. The van der Waals surface area contributed by atoms with Crippen molar-refractivity contribution in [3.05, 3.63) is 59.2 Å². The highest BCUT2D eigenvalue weighted by atomic mass is 32.2. The molecule has 0 bridgehead atoms. The second-order valence-corrected chi connectivity index (χ2v) is 6.37. The predicted octanol–water partition coefficient (Wildman–Crippen LogP) is 3.80. The molecule has 0 amide bonds. The molecule has 0 fully saturated rings. The highest BCUT2D eigenvalue weighted by molar-refractivity contribution is 8.13. The molecule has 2 rings (SSSR count). The van der Waals surface area contributed by atoms with Crippen LogP contribution in [0, 0.1) is 6.92 Å². The van der Waals surface area contributed by atoms with Gasteiger partial charge in [-0.25, -0.2) is 0 Å². The molecule has 0 aliphatic rings. The van der Waals surface area contributed by atoms with Crippen LogP contribution in [0.5, 0.6) is 11.5 Å². The number of benzene rings is 2. The van der Waals surface area contributed by atoms with Crippen molar-refractivity contribution in [1.29, 1.82) is 0 Å². The topological polar surface area (TPSA) is 56.8 Å². The molecule has 0 unspecified atom stereocenters. The third kappa shape index (κ3) is 5.20. The number of hydrogen-bond donors (Lipinski definition) is 1. The third-order valence-electron chi connectivity index (χ3n) is 3.75. The number of rotatable bonds is 7. The van der Waals surface area contributed by atoms with Gasteiger partial charge < -0.3 is 15.2 Å². The number of ether oxygens (including phenoxy) is 2. The van der Waals surface area contributed by atoms with Gasteiger partial charge in [-0.15, -0.1) is 0 Å². The molecule has 0 radical (unpaired) electrons. The highest BCUT2D eigenvalue weighted by Crippen LogP contribution is 2.27. The van der Waals surface area contributed by atoms with Crippen LogP contribution in [0.25, 0.3) is 0 Å². The number of methoxy groups -OCH3 is 2. The number of hydrogen-bond acceptors (Lipinski definition) is 4. The predicted molar refractivity (Wildman–Crippen MR) is 102 cm³/mol. The summed E-state index contributed by atoms with van der Waals surface area (Å²) >= 11 is 1.58. The van der Waals surface area contributed by atoms with Gasteiger partial charge in [-0.3, -0.25) is 4.99 Å². The minimum absolute atomic E-state index is 0.624. The van der Waals surface area contributed by atoms with Crippen molar-refractivity contribution in [2.75, 3.05) is 20.8 Å². The van der Waals surface area contributed by atoms with Crippen LogP contribution in [0.4, 0.5) is 0 Å². The molecule has 0 spiro atoms. The summed E-state index contributed by atoms with van der Waals surface area (Å²) in [4.78, 5) is 4.45. The zero-order valence-electron chi connectivity index (χ0n) is 14.4. The Balaban J connectivity index is 1.86. The number of nitrogens with zero attached hydrogens (tertiary/aromatic N) is 1. The maximum atomic E-state index is 6.01. The smallest absolute Gasteiger partial charge is 0.160 e. The molecule has 2 aromatic rings. The highest BCUT2D eigenvalue weighted by Gasteiger charge is 2.04. The van der Waals surface area contributed by atoms with Crippen LogP contribution < -0.4 is 15.2 Å². The number of amidine groups is 1. The molecule has 0 saturated heterocycles. The van der Waals surface area contributed by atoms with Crippen LogP contribution in [0.1, 0.15) is 16.7 Å². The molecule has 2 aromatic carbocycles. The summed E-state index contributed by atoms with van der Waals surface area (Å²) in [5.74, 6) is 2.32. The van der Waals surface area contributed by atoms with Gasteiger partial charge in [-0.2, -0.15) is 0 Å². The minimum Gasteiger partial charge on any atom is -0.493 e. The summed E-state index contributed by atoms with van der Waals surface area (Å²) in [6, 6.07) is 14.2. The second kappa shape index (κ2) is 9.23. The number of aliphatic imine (C=N–C) groups is 1. The van der Waals surface area contributed by atoms with Crippen molar-refractivity contribution in [2.45, 2.75) is 19.1 Å². The Hall–Kier alpha value is -2.14. The van der Waals surface area contributed by atoms with Gasteiger partial charge in [-0.1, -0.05) is 42.1 Å². The summed E-state index contributed by atoms with van der Waals surface area (Å²) in [7, 11) is 3.27. The fourth-order valence-electron chi connectivity index (χ4n) is 2.30. The zero-order valence-corrected chi connectivity index (χ0v) is 15.2. The molecule has 0 aliphatic carbocycles. The largest absolute Gasteiger partial charge is 0.493 e. The zero-order chi connectivity index (χ0) is 17.4. The van der Waals surface area contributed by atoms with Crippen LogP contribution in [0.2, 0.25) is 0 Å². The third-order valence-corrected chi connectivity index (χ3v) is 4.63. The lowest BCUT2D eigenvalue weighted by atomic mass is 10.1. The van der Waals surface area contributed by atoms with Crippen molar-refractivity contribution in [3.63, 3.8) is 0 Å². The van der Waals surface area contributed by atoms with E-state index < -0.39 is 0 Å². The quantitative estimate of drug-likeness (QED) is 0.613. The standard InChI is InChI=1S/C19H24N2O2S/c1-14-6-4-5-7-16(14)13-24-19(20)21-11-10-15-8-9-17(22-2)18(12-15)23-3/h4-9,12H,10-11,13H2,1-3H3,(H2,20,21). The summed E-state index contributed by atoms with van der Waals surface area (Å²) in [6.07, 6.45) is 0.811. The number of thioether (sulfide) groups is 1. The SMILES string of the molecule is COc1ccc(CCN=C(N)SCc2ccccc2C)cc1OC. The molecule has 0 heterocycles. The van der Waals surface area contributed by atoms with Crippen LogP contribution in [0.15, 0.2) is 47.5 Å². The van der Waals surface area contributed by atoms with E-state index in [9.17, 15) is 0 Å². The first-order chi connectivity index (χ1) is 11.6. The Labute approximate surface area is 148 Å². The van der Waals surface area contributed by atoms with Crippen molar-refractivity contribution in [3.8, 4) is 11.5 Å². The van der Waals surface area contributed by atoms with E-state index >= 15 is 0 Å². The lowest BCUT2D eigenvalue weighted by Crippen LogP contribution is -2.08. The van der Waals surface area contributed by atoms with Crippen molar-refractivity contribution in [2.24, 2.45) is 10.7 Å². The van der Waals surface area contributed by atoms with Gasteiger partial charge >= 0.3 is 0 Å². The van der Waals surface area contributed by atoms with E-state index in [1.165, 1.54) is 11.1 Å². The number of aryl methyl sites for hydroxylation is 1. The Morgan fingerprint density at radius 3 is 2.54 bits per heavy atom. The van der Waals surface area contributed by atoms with E-state index in [1.54, 1.807) is 26.0 Å². The molecule has 0 saturated carbocycles. The van der Waals surface area contributed by atoms with Crippen LogP contribution >= 0.6 is 11.8 Å². The van der Waals surface area contributed by atoms with Crippen LogP contribution in [-0.4, -0.2) is 25.9 Å². The molecule has 5 heteroatoms. The first-order valence-electron chi connectivity index (χ1n) is 7.82. The molecule has 0 aliphatic heterocycles. The van der Waals surface area contributed by atoms with Crippen molar-refractivity contribution >= 4 is 16.9 Å². The average Bonchev–Trinajstić information content (AvgIpc) is 2.61. The maximum absolute atomic E-state index is 6.01. The van der Waals surface area contributed by atoms with Gasteiger partial charge in [-0.05, 0) is 42.2 Å². The summed E-state index contributed by atoms with van der Waals surface area (Å²) < 4.78 is 10.6. The Bertz CT molecular complexity index is 702. The summed E-state index contributed by atoms with van der Waals surface area (Å²) in [6.45, 7) is 2.77. The van der Waals surface area contributed by atoms with Gasteiger partial charge in [0, 0.05) is 12.3 Å². The summed E-state index contributed by atoms with van der Waals surface area (Å²) in [5.41, 5.74) is 9.72. The molecular formula is C19H24N2O2S. The average molecular weight is 344 g/mol. The Morgan fingerprint density at radius 2 is 1.83 bits per heavy atom. The molecule has 2 N–H and O–H groups in total. The molecule has 0 aromatic heterocycles. The molecule has 0 atom stereocenters. The summed E-state index contributed by atoms with van der Waals surface area (Å²) in [5, 5.41) is 0.624. The van der Waals surface area contributed by atoms with E-state index in [2.05, 4.69) is 24.0 Å². The van der Waals surface area contributed by atoms with Crippen LogP contribution in [0.3, 0.4) is 0 Å². The maximum Gasteiger partial charge on any atom is 0.160 e. The van der Waals surface area contributed by atoms with E-state index in [1.807, 2.05) is 30.3 Å². The van der Waals surface area contributed by atoms with Crippen molar-refractivity contribution in [1.82, 2.24) is 0 Å². The van der Waals surface area contributed by atoms with E-state index in [-0.39, 0.29) is 0 Å². The van der Waals surface area contributed by atoms with Gasteiger partial charge in [0.15, 0.2) is 16.7 Å². The second-order valence-electron chi connectivity index (χ2n) is 5.37. The van der Waals surface area contributed by atoms with Gasteiger partial charge in [0.25, 0.3) is 0 Å². The lowest BCUT2D eigenvalue weighted by molar-refractivity contribution is 0.354. The van der Waals surface area contributed by atoms with E-state index in [4.69, 9.17) is 15.2 Å². The fourth-order valence-corrected chi connectivity index (χ4v) is 3.11. The van der Waals surface area contributed by atoms with Gasteiger partial charge in [0.1, 0.15) is 0 Å². The molecule has 24 heavy (non-hydrogen) atoms. The first kappa shape index (κ1) is 18.2. The van der Waals surface area contributed by atoms with Gasteiger partial charge in [0.05, 0.1) is 14.2 Å². The molecule has 128 valence electrons. The van der Waals surface area contributed by atoms with Crippen LogP contribution in [-0.2, 0) is 12.2 Å². The monoisotopic (exact) mass is 344 g/mol. The normalized spacial score (nSPS) is 11.4. The number of nitrogens with two attached hydrogens (primary N) is 1. The Morgan fingerprint density at radius 1 is 1.08 bits per heavy atom. The van der Waals surface area contributed by atoms with Gasteiger partial charge in [0.2, 0.25) is 0 Å². The lowest BCUT2D eigenvalue weighted by Gasteiger charge is -2.09. The van der Waals surface area contributed by atoms with Crippen molar-refractivity contribution < 1.29 is 9.47 Å². The molecular weight excluding hydrogens is 320 g/mol. The minimum atomic E-state index is 0.624. The Kier molecular flexibility index (Phi) is 7.00.